The summed E-state index contributed by atoms with van der Waals surface area (Å²) in [6.45, 7) is 2.41. The molecule has 2 aromatic rings. The Kier molecular flexibility index (Phi) is 6.00. The highest BCUT2D eigenvalue weighted by Crippen LogP contribution is 2.27. The molecular formula is C18H19Cl2N3O2. The zero-order valence-electron chi connectivity index (χ0n) is 13.7. The number of amides is 1. The van der Waals surface area contributed by atoms with Crippen molar-refractivity contribution in [3.8, 4) is 5.75 Å². The molecule has 1 aliphatic heterocycles. The van der Waals surface area contributed by atoms with Gasteiger partial charge in [0.1, 0.15) is 11.6 Å². The molecule has 0 saturated carbocycles. The minimum atomic E-state index is -0.217. The van der Waals surface area contributed by atoms with Crippen LogP contribution in [0.2, 0.25) is 10.0 Å². The Hall–Kier alpha value is -1.98. The summed E-state index contributed by atoms with van der Waals surface area (Å²) in [6, 6.07) is 8.80. The fourth-order valence-electron chi connectivity index (χ4n) is 2.68. The first-order valence-electron chi connectivity index (χ1n) is 8.16. The summed E-state index contributed by atoms with van der Waals surface area (Å²) in [5, 5.41) is 3.74. The molecule has 2 heterocycles. The van der Waals surface area contributed by atoms with Gasteiger partial charge in [-0.25, -0.2) is 4.98 Å². The highest BCUT2D eigenvalue weighted by Gasteiger charge is 2.13. The van der Waals surface area contributed by atoms with Crippen molar-refractivity contribution in [2.24, 2.45) is 0 Å². The van der Waals surface area contributed by atoms with Gasteiger partial charge in [0.15, 0.2) is 6.61 Å². The minimum Gasteiger partial charge on any atom is -0.482 e. The van der Waals surface area contributed by atoms with E-state index in [0.717, 1.165) is 24.5 Å². The van der Waals surface area contributed by atoms with Crippen LogP contribution in [-0.4, -0.2) is 30.6 Å². The van der Waals surface area contributed by atoms with Gasteiger partial charge in [-0.3, -0.25) is 4.79 Å². The molecule has 1 aromatic heterocycles. The van der Waals surface area contributed by atoms with Gasteiger partial charge in [0.25, 0.3) is 5.91 Å². The van der Waals surface area contributed by atoms with Crippen LogP contribution >= 0.6 is 23.2 Å². The second-order valence-corrected chi connectivity index (χ2v) is 6.70. The Balaban J connectivity index is 1.49. The summed E-state index contributed by atoms with van der Waals surface area (Å²) in [5.74, 6) is 1.18. The maximum atomic E-state index is 12.0. The van der Waals surface area contributed by atoms with E-state index in [2.05, 4.69) is 15.2 Å². The molecule has 3 rings (SSSR count). The third-order valence-corrected chi connectivity index (χ3v) is 4.51. The van der Waals surface area contributed by atoms with E-state index in [1.54, 1.807) is 24.4 Å². The lowest BCUT2D eigenvalue weighted by Gasteiger charge is -2.17. The highest BCUT2D eigenvalue weighted by molar-refractivity contribution is 6.35. The number of hydrogen-bond acceptors (Lipinski definition) is 4. The highest BCUT2D eigenvalue weighted by atomic mass is 35.5. The number of carbonyl (C=O) groups is 1. The molecule has 1 amide bonds. The third kappa shape index (κ3) is 5.00. The summed E-state index contributed by atoms with van der Waals surface area (Å²) < 4.78 is 5.42. The molecule has 0 bridgehead atoms. The van der Waals surface area contributed by atoms with Gasteiger partial charge in [-0.2, -0.15) is 0 Å². The number of benzene rings is 1. The molecule has 0 spiro atoms. The Morgan fingerprint density at radius 1 is 1.20 bits per heavy atom. The Morgan fingerprint density at radius 3 is 2.76 bits per heavy atom. The van der Waals surface area contributed by atoms with Crippen molar-refractivity contribution in [1.82, 2.24) is 10.3 Å². The normalized spacial score (nSPS) is 13.8. The number of pyridine rings is 1. The standard InChI is InChI=1S/C18H19Cl2N3O2/c19-14-3-4-16(15(20)10-14)25-12-18(24)22-11-13-5-6-21-17(9-13)23-7-1-2-8-23/h3-6,9-10H,1-2,7-8,11-12H2,(H,22,24). The number of hydrogen-bond donors (Lipinski definition) is 1. The second-order valence-electron chi connectivity index (χ2n) is 5.86. The Labute approximate surface area is 156 Å². The fourth-order valence-corrected chi connectivity index (χ4v) is 3.14. The van der Waals surface area contributed by atoms with Gasteiger partial charge >= 0.3 is 0 Å². The molecule has 1 aliphatic rings. The summed E-state index contributed by atoms with van der Waals surface area (Å²) in [6.07, 6.45) is 4.18. The minimum absolute atomic E-state index is 0.106. The molecule has 0 unspecified atom stereocenters. The third-order valence-electron chi connectivity index (χ3n) is 3.98. The number of carbonyl (C=O) groups excluding carboxylic acids is 1. The molecule has 5 nitrogen and oxygen atoms in total. The molecule has 25 heavy (non-hydrogen) atoms. The molecule has 1 saturated heterocycles. The maximum absolute atomic E-state index is 12.0. The van der Waals surface area contributed by atoms with Gasteiger partial charge in [0.2, 0.25) is 0 Å². The average Bonchev–Trinajstić information content (AvgIpc) is 3.14. The van der Waals surface area contributed by atoms with Gasteiger partial charge in [-0.1, -0.05) is 23.2 Å². The monoisotopic (exact) mass is 379 g/mol. The van der Waals surface area contributed by atoms with Crippen molar-refractivity contribution in [2.75, 3.05) is 24.6 Å². The van der Waals surface area contributed by atoms with Crippen molar-refractivity contribution in [1.29, 1.82) is 0 Å². The van der Waals surface area contributed by atoms with Crippen LogP contribution in [-0.2, 0) is 11.3 Å². The lowest BCUT2D eigenvalue weighted by Crippen LogP contribution is -2.28. The van der Waals surface area contributed by atoms with Crippen molar-refractivity contribution in [3.05, 3.63) is 52.1 Å². The van der Waals surface area contributed by atoms with E-state index in [4.69, 9.17) is 27.9 Å². The van der Waals surface area contributed by atoms with E-state index >= 15 is 0 Å². The summed E-state index contributed by atoms with van der Waals surface area (Å²) in [5.41, 5.74) is 1.01. The van der Waals surface area contributed by atoms with Crippen LogP contribution in [0, 0.1) is 0 Å². The molecule has 1 aromatic carbocycles. The molecule has 132 valence electrons. The lowest BCUT2D eigenvalue weighted by atomic mass is 10.2. The van der Waals surface area contributed by atoms with E-state index in [1.165, 1.54) is 12.8 Å². The summed E-state index contributed by atoms with van der Waals surface area (Å²) in [7, 11) is 0. The largest absolute Gasteiger partial charge is 0.482 e. The first-order valence-corrected chi connectivity index (χ1v) is 8.92. The number of nitrogens with zero attached hydrogens (tertiary/aromatic N) is 2. The van der Waals surface area contributed by atoms with Gasteiger partial charge in [0, 0.05) is 30.9 Å². The van der Waals surface area contributed by atoms with Crippen LogP contribution in [0.1, 0.15) is 18.4 Å². The smallest absolute Gasteiger partial charge is 0.258 e. The van der Waals surface area contributed by atoms with Crippen LogP contribution in [0.3, 0.4) is 0 Å². The zero-order chi connectivity index (χ0) is 17.6. The van der Waals surface area contributed by atoms with Crippen LogP contribution in [0.5, 0.6) is 5.75 Å². The Morgan fingerprint density at radius 2 is 2.00 bits per heavy atom. The molecule has 0 atom stereocenters. The predicted octanol–water partition coefficient (Wildman–Crippen LogP) is 3.68. The number of rotatable bonds is 6. The average molecular weight is 380 g/mol. The maximum Gasteiger partial charge on any atom is 0.258 e. The van der Waals surface area contributed by atoms with Crippen LogP contribution in [0.4, 0.5) is 5.82 Å². The first kappa shape index (κ1) is 17.8. The SMILES string of the molecule is O=C(COc1ccc(Cl)cc1Cl)NCc1ccnc(N2CCCC2)c1. The molecule has 1 N–H and O–H groups in total. The van der Waals surface area contributed by atoms with Crippen molar-refractivity contribution in [3.63, 3.8) is 0 Å². The summed E-state index contributed by atoms with van der Waals surface area (Å²) in [4.78, 5) is 18.6. The molecule has 0 aliphatic carbocycles. The molecule has 7 heteroatoms. The lowest BCUT2D eigenvalue weighted by molar-refractivity contribution is -0.123. The number of nitrogens with one attached hydrogen (secondary N) is 1. The van der Waals surface area contributed by atoms with Gasteiger partial charge in [-0.05, 0) is 48.7 Å². The topological polar surface area (TPSA) is 54.5 Å². The number of aromatic nitrogens is 1. The zero-order valence-corrected chi connectivity index (χ0v) is 15.2. The van der Waals surface area contributed by atoms with Crippen molar-refractivity contribution < 1.29 is 9.53 Å². The van der Waals surface area contributed by atoms with E-state index in [0.29, 0.717) is 22.3 Å². The quantitative estimate of drug-likeness (QED) is 0.831. The van der Waals surface area contributed by atoms with Crippen molar-refractivity contribution in [2.45, 2.75) is 19.4 Å². The number of anilines is 1. The fraction of sp³-hybridized carbons (Fsp3) is 0.333. The van der Waals surface area contributed by atoms with E-state index in [1.807, 2.05) is 12.1 Å². The number of halogens is 2. The van der Waals surface area contributed by atoms with Crippen LogP contribution < -0.4 is 15.0 Å². The first-order chi connectivity index (χ1) is 12.1. The van der Waals surface area contributed by atoms with Gasteiger partial charge in [0.05, 0.1) is 5.02 Å². The summed E-state index contributed by atoms with van der Waals surface area (Å²) >= 11 is 11.8. The van der Waals surface area contributed by atoms with Gasteiger partial charge < -0.3 is 15.0 Å². The van der Waals surface area contributed by atoms with Crippen molar-refractivity contribution >= 4 is 34.9 Å². The Bertz CT molecular complexity index is 749. The second kappa shape index (κ2) is 8.41. The van der Waals surface area contributed by atoms with Crippen LogP contribution in [0.15, 0.2) is 36.5 Å². The van der Waals surface area contributed by atoms with Gasteiger partial charge in [-0.15, -0.1) is 0 Å². The predicted molar refractivity (Wildman–Crippen MR) is 99.5 cm³/mol. The van der Waals surface area contributed by atoms with E-state index < -0.39 is 0 Å². The molecule has 1 fully saturated rings. The number of ether oxygens (including phenoxy) is 1. The van der Waals surface area contributed by atoms with Crippen LogP contribution in [0.25, 0.3) is 0 Å². The van der Waals surface area contributed by atoms with E-state index in [-0.39, 0.29) is 12.5 Å². The van der Waals surface area contributed by atoms with E-state index in [9.17, 15) is 4.79 Å². The molecule has 0 radical (unpaired) electrons. The molecular weight excluding hydrogens is 361 g/mol.